The molecule has 2 heterocycles. The largest absolute Gasteiger partial charge is 0.377 e. The molecule has 1 aromatic rings. The summed E-state index contributed by atoms with van der Waals surface area (Å²) < 4.78 is 6.64. The molecule has 0 bridgehead atoms. The molecule has 0 aromatic carbocycles. The second-order valence-corrected chi connectivity index (χ2v) is 5.87. The van der Waals surface area contributed by atoms with E-state index >= 15 is 0 Å². The third-order valence-corrected chi connectivity index (χ3v) is 4.07. The van der Waals surface area contributed by atoms with E-state index in [-0.39, 0.29) is 0 Å². The lowest BCUT2D eigenvalue weighted by atomic mass is 10.0. The van der Waals surface area contributed by atoms with E-state index in [2.05, 4.69) is 39.7 Å². The molecule has 1 aliphatic heterocycles. The van der Waals surface area contributed by atoms with Gasteiger partial charge in [0.2, 0.25) is 0 Å². The average Bonchev–Trinajstić information content (AvgIpc) is 2.71. The maximum Gasteiger partial charge on any atom is 0.178 e. The topological polar surface area (TPSA) is 35.0 Å². The lowest BCUT2D eigenvalue weighted by Gasteiger charge is -2.12. The van der Waals surface area contributed by atoms with Crippen molar-refractivity contribution in [1.29, 1.82) is 0 Å². The molecule has 1 aliphatic rings. The van der Waals surface area contributed by atoms with Gasteiger partial charge in [0.15, 0.2) is 3.01 Å². The Labute approximate surface area is 95.0 Å². The molecule has 0 radical (unpaired) electrons. The minimum Gasteiger partial charge on any atom is -0.377 e. The Bertz CT molecular complexity index is 291. The fourth-order valence-electron chi connectivity index (χ4n) is 1.70. The number of halogens is 1. The van der Waals surface area contributed by atoms with Crippen molar-refractivity contribution in [2.75, 3.05) is 6.61 Å². The van der Waals surface area contributed by atoms with Gasteiger partial charge in [-0.2, -0.15) is 0 Å². The van der Waals surface area contributed by atoms with Crippen LogP contribution in [-0.2, 0) is 4.74 Å². The van der Waals surface area contributed by atoms with E-state index in [4.69, 9.17) is 4.74 Å². The molecule has 0 N–H and O–H groups in total. The van der Waals surface area contributed by atoms with Gasteiger partial charge in [-0.1, -0.05) is 18.3 Å². The Balaban J connectivity index is 2.15. The zero-order chi connectivity index (χ0) is 9.26. The molecule has 0 amide bonds. The summed E-state index contributed by atoms with van der Waals surface area (Å²) in [4.78, 5) is 0. The summed E-state index contributed by atoms with van der Waals surface area (Å²) in [7, 11) is 0. The first kappa shape index (κ1) is 9.79. The lowest BCUT2D eigenvalue weighted by Crippen LogP contribution is -2.12. The van der Waals surface area contributed by atoms with E-state index in [1.54, 1.807) is 11.3 Å². The molecule has 72 valence electrons. The fourth-order valence-corrected chi connectivity index (χ4v) is 3.24. The molecular weight excluding hydrogens is 299 g/mol. The first-order valence-electron chi connectivity index (χ1n) is 4.41. The fraction of sp³-hybridized carbons (Fsp3) is 0.750. The Morgan fingerprint density at radius 2 is 2.46 bits per heavy atom. The molecule has 13 heavy (non-hydrogen) atoms. The molecule has 5 heteroatoms. The summed E-state index contributed by atoms with van der Waals surface area (Å²) in [6.45, 7) is 3.04. The van der Waals surface area contributed by atoms with Crippen LogP contribution in [0.25, 0.3) is 0 Å². The molecule has 1 fully saturated rings. The van der Waals surface area contributed by atoms with Crippen molar-refractivity contribution in [3.05, 3.63) is 8.02 Å². The quantitative estimate of drug-likeness (QED) is 0.787. The number of nitrogens with zero attached hydrogens (tertiary/aromatic N) is 2. The third kappa shape index (κ3) is 2.02. The van der Waals surface area contributed by atoms with Gasteiger partial charge in [0, 0.05) is 12.5 Å². The molecule has 2 rings (SSSR count). The smallest absolute Gasteiger partial charge is 0.178 e. The second-order valence-electron chi connectivity index (χ2n) is 3.11. The van der Waals surface area contributed by atoms with Gasteiger partial charge in [-0.3, -0.25) is 0 Å². The van der Waals surface area contributed by atoms with Crippen LogP contribution in [0, 0.1) is 3.01 Å². The van der Waals surface area contributed by atoms with Crippen LogP contribution < -0.4 is 0 Å². The number of rotatable bonds is 2. The average molecular weight is 310 g/mol. The molecule has 2 atom stereocenters. The predicted octanol–water partition coefficient (Wildman–Crippen LogP) is 2.43. The summed E-state index contributed by atoms with van der Waals surface area (Å²) in [5.74, 6) is 0.492. The minimum absolute atomic E-state index is 0.365. The highest BCUT2D eigenvalue weighted by Crippen LogP contribution is 2.34. The molecule has 1 saturated heterocycles. The van der Waals surface area contributed by atoms with Gasteiger partial charge in [0.05, 0.1) is 6.10 Å². The van der Waals surface area contributed by atoms with Crippen LogP contribution in [0.5, 0.6) is 0 Å². The Morgan fingerprint density at radius 3 is 3.08 bits per heavy atom. The monoisotopic (exact) mass is 310 g/mol. The first-order valence-corrected chi connectivity index (χ1v) is 6.31. The summed E-state index contributed by atoms with van der Waals surface area (Å²) >= 11 is 3.90. The zero-order valence-corrected chi connectivity index (χ0v) is 10.3. The Kier molecular flexibility index (Phi) is 3.15. The normalized spacial score (nSPS) is 28.2. The predicted molar refractivity (Wildman–Crippen MR) is 60.0 cm³/mol. The molecule has 0 aliphatic carbocycles. The van der Waals surface area contributed by atoms with Crippen molar-refractivity contribution < 1.29 is 4.74 Å². The van der Waals surface area contributed by atoms with Gasteiger partial charge in [-0.25, -0.2) is 0 Å². The van der Waals surface area contributed by atoms with Crippen LogP contribution in [0.15, 0.2) is 0 Å². The van der Waals surface area contributed by atoms with Crippen molar-refractivity contribution in [2.24, 2.45) is 0 Å². The molecule has 1 aromatic heterocycles. The van der Waals surface area contributed by atoms with E-state index < -0.39 is 0 Å². The molecule has 0 spiro atoms. The highest BCUT2D eigenvalue weighted by atomic mass is 127. The number of ether oxygens (including phenoxy) is 1. The molecule has 3 nitrogen and oxygen atoms in total. The van der Waals surface area contributed by atoms with E-state index in [0.29, 0.717) is 12.0 Å². The number of aromatic nitrogens is 2. The van der Waals surface area contributed by atoms with Crippen LogP contribution in [-0.4, -0.2) is 22.9 Å². The highest BCUT2D eigenvalue weighted by molar-refractivity contribution is 14.1. The van der Waals surface area contributed by atoms with Crippen LogP contribution >= 0.6 is 33.9 Å². The Morgan fingerprint density at radius 1 is 1.62 bits per heavy atom. The zero-order valence-electron chi connectivity index (χ0n) is 7.36. The van der Waals surface area contributed by atoms with Crippen LogP contribution in [0.2, 0.25) is 0 Å². The first-order chi connectivity index (χ1) is 6.31. The van der Waals surface area contributed by atoms with E-state index in [1.165, 1.54) is 0 Å². The van der Waals surface area contributed by atoms with E-state index in [9.17, 15) is 0 Å². The Hall–Kier alpha value is 0.250. The van der Waals surface area contributed by atoms with E-state index in [1.807, 2.05) is 0 Å². The van der Waals surface area contributed by atoms with Gasteiger partial charge in [-0.05, 0) is 35.4 Å². The number of hydrogen-bond acceptors (Lipinski definition) is 4. The summed E-state index contributed by atoms with van der Waals surface area (Å²) in [5.41, 5.74) is 0. The molecule has 2 unspecified atom stereocenters. The van der Waals surface area contributed by atoms with Crippen LogP contribution in [0.3, 0.4) is 0 Å². The SMILES string of the molecule is CCC1OCCC1c1nnc(I)s1. The van der Waals surface area contributed by atoms with Gasteiger partial charge in [0.25, 0.3) is 0 Å². The van der Waals surface area contributed by atoms with Crippen molar-refractivity contribution in [1.82, 2.24) is 10.2 Å². The van der Waals surface area contributed by atoms with Crippen molar-refractivity contribution in [3.8, 4) is 0 Å². The third-order valence-electron chi connectivity index (χ3n) is 2.35. The second kappa shape index (κ2) is 4.18. The lowest BCUT2D eigenvalue weighted by molar-refractivity contribution is 0.100. The van der Waals surface area contributed by atoms with Gasteiger partial charge in [0.1, 0.15) is 5.01 Å². The summed E-state index contributed by atoms with van der Waals surface area (Å²) in [5, 5.41) is 9.35. The van der Waals surface area contributed by atoms with Crippen molar-refractivity contribution in [3.63, 3.8) is 0 Å². The van der Waals surface area contributed by atoms with Crippen LogP contribution in [0.1, 0.15) is 30.7 Å². The molecule has 0 saturated carbocycles. The van der Waals surface area contributed by atoms with Crippen molar-refractivity contribution >= 4 is 33.9 Å². The highest BCUT2D eigenvalue weighted by Gasteiger charge is 2.30. The minimum atomic E-state index is 0.365. The number of hydrogen-bond donors (Lipinski definition) is 0. The molecular formula is C8H11IN2OS. The van der Waals surface area contributed by atoms with Crippen LogP contribution in [0.4, 0.5) is 0 Å². The maximum absolute atomic E-state index is 5.61. The standard InChI is InChI=1S/C8H11IN2OS/c1-2-6-5(3-4-12-6)7-10-11-8(9)13-7/h5-6H,2-4H2,1H3. The van der Waals surface area contributed by atoms with Gasteiger partial charge in [-0.15, -0.1) is 10.2 Å². The van der Waals surface area contributed by atoms with Crippen molar-refractivity contribution in [2.45, 2.75) is 31.8 Å². The summed E-state index contributed by atoms with van der Waals surface area (Å²) in [6, 6.07) is 0. The van der Waals surface area contributed by atoms with E-state index in [0.717, 1.165) is 27.5 Å². The van der Waals surface area contributed by atoms with Gasteiger partial charge >= 0.3 is 0 Å². The van der Waals surface area contributed by atoms with Gasteiger partial charge < -0.3 is 4.74 Å². The maximum atomic E-state index is 5.61. The summed E-state index contributed by atoms with van der Waals surface area (Å²) in [6.07, 6.45) is 2.54.